The molecule has 27 nitrogen and oxygen atoms in total. The fourth-order valence-electron chi connectivity index (χ4n) is 14.5. The van der Waals surface area contributed by atoms with Crippen LogP contribution in [-0.4, -0.2) is 166 Å². The second-order valence-corrected chi connectivity index (χ2v) is 28.3. The molecule has 5 aromatic rings. The minimum Gasteiger partial charge on any atom is -0.466 e. The number of halogens is 2. The number of ether oxygens (including phenoxy) is 2. The van der Waals surface area contributed by atoms with Crippen LogP contribution in [-0.2, 0) is 44.7 Å². The van der Waals surface area contributed by atoms with Crippen LogP contribution in [0, 0.1) is 36.0 Å². The zero-order valence-electron chi connectivity index (χ0n) is 54.0. The van der Waals surface area contributed by atoms with Gasteiger partial charge in [-0.1, -0.05) is 26.0 Å². The Morgan fingerprint density at radius 3 is 1.84 bits per heavy atom. The number of aromatic amines is 2. The Morgan fingerprint density at radius 1 is 0.768 bits per heavy atom. The minimum absolute atomic E-state index is 0.0529. The zero-order chi connectivity index (χ0) is 68.8. The number of unbranched alkanes of at least 4 members (excludes halogenated alkanes) is 1. The predicted molar refractivity (Wildman–Crippen MR) is 361 cm³/mol. The highest BCUT2D eigenvalue weighted by Gasteiger charge is 3.01. The normalized spacial score (nSPS) is 21.2. The van der Waals surface area contributed by atoms with Gasteiger partial charge in [0.15, 0.2) is 11.5 Å². The van der Waals surface area contributed by atoms with Gasteiger partial charge in [0.05, 0.1) is 33.2 Å². The second-order valence-electron chi connectivity index (χ2n) is 26.2. The number of likely N-dealkylation sites (N-methyl/N-ethyl adjacent to an activating group) is 2. The highest BCUT2D eigenvalue weighted by atomic mass is 35.5. The molecule has 3 saturated carbocycles. The lowest BCUT2D eigenvalue weighted by atomic mass is 9.72. The van der Waals surface area contributed by atoms with Crippen molar-refractivity contribution in [3.63, 3.8) is 0 Å². The number of amides is 9. The molecule has 31 heteroatoms. The first kappa shape index (κ1) is 70.1. The van der Waals surface area contributed by atoms with Crippen LogP contribution in [0.3, 0.4) is 0 Å². The van der Waals surface area contributed by atoms with Gasteiger partial charge in [0, 0.05) is 124 Å². The van der Waals surface area contributed by atoms with Gasteiger partial charge in [-0.3, -0.25) is 38.6 Å². The third-order valence-electron chi connectivity index (χ3n) is 19.4. The third kappa shape index (κ3) is 13.7. The number of aromatic nitrogens is 2. The molecule has 10 rings (SSSR count). The number of nitrogens with one attached hydrogen (secondary N) is 7. The molecule has 512 valence electrons. The number of primary amides is 1. The fourth-order valence-corrected chi connectivity index (χ4v) is 15.6. The van der Waals surface area contributed by atoms with Crippen LogP contribution in [0.4, 0.5) is 26.7 Å². The minimum atomic E-state index is -4.99. The van der Waals surface area contributed by atoms with E-state index in [-0.39, 0.29) is 104 Å². The summed E-state index contributed by atoms with van der Waals surface area (Å²) < 4.78 is 29.4. The summed E-state index contributed by atoms with van der Waals surface area (Å²) in [5.74, 6) is -2.83. The van der Waals surface area contributed by atoms with Crippen molar-refractivity contribution in [3.8, 4) is 11.5 Å². The average Bonchev–Trinajstić information content (AvgIpc) is 1.40. The molecule has 3 unspecified atom stereocenters. The summed E-state index contributed by atoms with van der Waals surface area (Å²) in [5.41, 5.74) is 15.1. The largest absolute Gasteiger partial charge is 0.524 e. The number of aryl methyl sites for hydroxylation is 2. The Morgan fingerprint density at radius 2 is 1.32 bits per heavy atom. The Balaban J connectivity index is 0.739. The molecule has 3 fully saturated rings. The van der Waals surface area contributed by atoms with E-state index in [9.17, 15) is 47.9 Å². The maximum Gasteiger partial charge on any atom is 0.524 e. The van der Waals surface area contributed by atoms with E-state index in [0.29, 0.717) is 84.1 Å². The number of nitrogens with two attached hydrogens (primary N) is 2. The van der Waals surface area contributed by atoms with Gasteiger partial charge in [0.2, 0.25) is 35.4 Å². The summed E-state index contributed by atoms with van der Waals surface area (Å²) in [5, 5.41) is 15.1. The second kappa shape index (κ2) is 27.8. The van der Waals surface area contributed by atoms with Gasteiger partial charge < -0.3 is 81.6 Å². The number of H-pyrrole nitrogens is 2. The third-order valence-corrected chi connectivity index (χ3v) is 21.0. The van der Waals surface area contributed by atoms with Crippen LogP contribution in [0.15, 0.2) is 48.8 Å². The first-order valence-electron chi connectivity index (χ1n) is 31.6. The summed E-state index contributed by atoms with van der Waals surface area (Å²) in [4.78, 5) is 141. The number of anilines is 3. The molecule has 0 bridgehead atoms. The monoisotopic (exact) mass is 1390 g/mol. The van der Waals surface area contributed by atoms with Crippen LogP contribution < -0.4 is 57.1 Å². The van der Waals surface area contributed by atoms with Gasteiger partial charge in [-0.25, -0.2) is 14.2 Å². The van der Waals surface area contributed by atoms with Crippen LogP contribution in [0.25, 0.3) is 21.8 Å². The molecule has 4 heterocycles. The molecule has 0 saturated heterocycles. The van der Waals surface area contributed by atoms with Crippen molar-refractivity contribution in [2.24, 2.45) is 33.6 Å². The number of nitrogens with zero attached hydrogens (tertiary/aromatic N) is 4. The van der Waals surface area contributed by atoms with Crippen molar-refractivity contribution < 1.29 is 66.7 Å². The topological polar surface area (TPSA) is 379 Å². The Labute approximate surface area is 564 Å². The van der Waals surface area contributed by atoms with Crippen molar-refractivity contribution in [1.82, 2.24) is 41.0 Å². The molecule has 3 aliphatic carbocycles. The van der Waals surface area contributed by atoms with E-state index >= 15 is 4.79 Å². The first-order chi connectivity index (χ1) is 45.0. The van der Waals surface area contributed by atoms with Gasteiger partial charge in [0.1, 0.15) is 24.7 Å². The highest BCUT2D eigenvalue weighted by molar-refractivity contribution is 7.80. The molecular formula is C64H82Cl2N13O14PS. The Bertz CT molecular complexity index is 3940. The molecule has 2 aliphatic heterocycles. The smallest absolute Gasteiger partial charge is 0.466 e. The molecule has 0 radical (unpaired) electrons. The first-order valence-corrected chi connectivity index (χ1v) is 34.7. The number of hydrogen-bond acceptors (Lipinski definition) is 14. The number of phosphoric ester groups is 1. The Hall–Kier alpha value is -7.72. The van der Waals surface area contributed by atoms with Gasteiger partial charge in [-0.05, 0) is 130 Å². The zero-order valence-corrected chi connectivity index (χ0v) is 57.2. The number of carbonyl (C=O) groups excluding carboxylic acids is 8. The lowest BCUT2D eigenvalue weighted by molar-refractivity contribution is -0.134. The molecule has 13 N–H and O–H groups in total. The van der Waals surface area contributed by atoms with E-state index in [1.54, 1.807) is 79.2 Å². The van der Waals surface area contributed by atoms with E-state index in [2.05, 4.69) is 36.6 Å². The molecule has 95 heavy (non-hydrogen) atoms. The van der Waals surface area contributed by atoms with Crippen LogP contribution >= 0.6 is 43.2 Å². The quantitative estimate of drug-likeness (QED) is 0.0111. The molecule has 3 aromatic carbocycles. The maximum absolute atomic E-state index is 15.2. The predicted octanol–water partition coefficient (Wildman–Crippen LogP) is 6.46. The van der Waals surface area contributed by atoms with E-state index in [0.717, 1.165) is 27.6 Å². The average molecular weight is 1390 g/mol. The number of fused-ring (bicyclic) bond motifs is 6. The van der Waals surface area contributed by atoms with Crippen molar-refractivity contribution in [3.05, 3.63) is 76.6 Å². The number of hydrogen-bond donors (Lipinski definition) is 11. The molecule has 2 aromatic heterocycles. The summed E-state index contributed by atoms with van der Waals surface area (Å²) in [6, 6.07) is 6.14. The van der Waals surface area contributed by atoms with E-state index < -0.39 is 83.9 Å². The van der Waals surface area contributed by atoms with Gasteiger partial charge in [-0.2, -0.15) is 0 Å². The number of urea groups is 1. The maximum atomic E-state index is 15.2. The lowest BCUT2D eigenvalue weighted by Crippen LogP contribution is -2.57. The van der Waals surface area contributed by atoms with E-state index in [1.165, 1.54) is 17.9 Å². The number of thiocarbonyl (C=S) groups is 1. The van der Waals surface area contributed by atoms with Crippen molar-refractivity contribution >= 4 is 135 Å². The number of benzene rings is 3. The van der Waals surface area contributed by atoms with Crippen molar-refractivity contribution in [1.29, 1.82) is 0 Å². The van der Waals surface area contributed by atoms with Gasteiger partial charge in [0.25, 0.3) is 5.17 Å². The number of carbonyl (C=O) groups is 8. The molecule has 1 spiro atoms. The number of phosphoric acid groups is 1. The molecular weight excluding hydrogens is 1310 g/mol. The number of rotatable bonds is 28. The SMILES string of the molecule is CC(=O)N[C@@H](CCCCN)C(=O)N[C@H](C(=O)N[C@@H](CCCNC(N)=O)C(=O)Nc1ccc(COC(=S)N(C)CCN(C)C(=O)Oc2cc3c(c4c(C)c[nH]c24)[C@H](CCl)CN3C(=O)C23CC4(C(=O)N5C[C@@H](CCl)c6c5cc(OP(=O)(O)O)c5[nH]cc(C)c65)CC24C3)cc1)C(C)C. The van der Waals surface area contributed by atoms with E-state index in [4.69, 9.17) is 60.9 Å². The van der Waals surface area contributed by atoms with Gasteiger partial charge >= 0.3 is 19.9 Å². The summed E-state index contributed by atoms with van der Waals surface area (Å²) >= 11 is 18.9. The van der Waals surface area contributed by atoms with Crippen LogP contribution in [0.2, 0.25) is 0 Å². The van der Waals surface area contributed by atoms with Crippen molar-refractivity contribution in [2.45, 2.75) is 123 Å². The van der Waals surface area contributed by atoms with Gasteiger partial charge in [-0.15, -0.1) is 23.2 Å². The molecule has 9 amide bonds. The Kier molecular flexibility index (Phi) is 20.5. The van der Waals surface area contributed by atoms with E-state index in [1.807, 2.05) is 20.0 Å². The summed E-state index contributed by atoms with van der Waals surface area (Å²) in [6.45, 7) is 10.1. The highest BCUT2D eigenvalue weighted by Crippen LogP contribution is 3.01. The van der Waals surface area contributed by atoms with Crippen molar-refractivity contribution in [2.75, 3.05) is 80.2 Å². The molecule has 5 aliphatic rings. The summed E-state index contributed by atoms with van der Waals surface area (Å²) in [6.07, 6.45) is 6.09. The lowest BCUT2D eigenvalue weighted by Gasteiger charge is -2.37. The van der Waals surface area contributed by atoms with Crippen LogP contribution in [0.5, 0.6) is 11.5 Å². The number of alkyl halides is 2. The standard InChI is InChI=1S/C64H82Cl2N13O14PS/c1-33(2)51(75-55(82)41(72-36(5)80)11-8-9-17-67)56(83)74-42(12-10-18-69-59(68)86)54(81)73-40-15-13-37(14-16-40)29-91-61(95)77(7)20-19-76(6)60(87)92-45-21-43-49(47-34(3)25-70-52(45)47)38(23-65)27-78(43)57(84)62-30-63(32-64(62,63)31-62)58(85)79-28-39(24-66)50-44(79)22-46(93-94(88,89)90)53-48(50)35(4)26-71-53/h13-16,21-22,25-26,33,38-39,41-42,51,70-71H,8-12,17-20,23-24,27-32,67H2,1-7H3,(H,72,80)(H,73,81)(H,74,83)(H,75,82)(H3,68,69,86)(H2,88,89,90)/t38-,39-,41+,42+,51+,62?,63?,64?/m1/s1. The fraction of sp³-hybridized carbons (Fsp3) is 0.516. The summed E-state index contributed by atoms with van der Waals surface area (Å²) in [7, 11) is -1.69. The molecule has 8 atom stereocenters. The van der Waals surface area contributed by atoms with Crippen LogP contribution in [0.1, 0.15) is 112 Å².